The molecule has 0 aliphatic carbocycles. The monoisotopic (exact) mass is 292 g/mol. The maximum atomic E-state index is 11.9. The molecule has 1 aromatic carbocycles. The number of methoxy groups -OCH3 is 1. The number of hydrogen-bond donors (Lipinski definition) is 2. The Hall–Kier alpha value is -1.92. The summed E-state index contributed by atoms with van der Waals surface area (Å²) in [6.45, 7) is 3.93. The van der Waals surface area contributed by atoms with Crippen LogP contribution in [0, 0.1) is 0 Å². The molecule has 2 rings (SSSR count). The van der Waals surface area contributed by atoms with Crippen molar-refractivity contribution >= 4 is 11.9 Å². The molecule has 2 N–H and O–H groups in total. The van der Waals surface area contributed by atoms with Gasteiger partial charge in [0.2, 0.25) is 5.91 Å². The molecular weight excluding hydrogens is 272 g/mol. The number of carboxylic acids is 1. The highest BCUT2D eigenvalue weighted by molar-refractivity contribution is 5.88. The standard InChI is InChI=1S/C15H20N2O4/c1-10(9-21-2)16-14(18)8-17-6-12-4-3-11(15(19)20)5-13(12)7-17/h3-5,10H,6-9H2,1-2H3,(H,16,18)(H,19,20). The quantitative estimate of drug-likeness (QED) is 0.812. The molecule has 1 amide bonds. The van der Waals surface area contributed by atoms with Gasteiger partial charge in [0.05, 0.1) is 18.7 Å². The second kappa shape index (κ2) is 6.69. The van der Waals surface area contributed by atoms with Crippen molar-refractivity contribution in [2.45, 2.75) is 26.1 Å². The molecule has 6 heteroatoms. The van der Waals surface area contributed by atoms with Crippen molar-refractivity contribution in [3.8, 4) is 0 Å². The van der Waals surface area contributed by atoms with E-state index in [-0.39, 0.29) is 17.5 Å². The third-order valence-corrected chi connectivity index (χ3v) is 3.43. The molecule has 0 spiro atoms. The van der Waals surface area contributed by atoms with Crippen molar-refractivity contribution in [3.05, 3.63) is 34.9 Å². The van der Waals surface area contributed by atoms with Gasteiger partial charge < -0.3 is 15.2 Å². The third-order valence-electron chi connectivity index (χ3n) is 3.43. The van der Waals surface area contributed by atoms with Gasteiger partial charge in [-0.1, -0.05) is 6.07 Å². The first kappa shape index (κ1) is 15.5. The van der Waals surface area contributed by atoms with Gasteiger partial charge in [0.15, 0.2) is 0 Å². The maximum Gasteiger partial charge on any atom is 0.335 e. The van der Waals surface area contributed by atoms with Crippen molar-refractivity contribution in [1.82, 2.24) is 10.2 Å². The Morgan fingerprint density at radius 1 is 1.38 bits per heavy atom. The Labute approximate surface area is 123 Å². The van der Waals surface area contributed by atoms with Gasteiger partial charge in [0, 0.05) is 26.2 Å². The van der Waals surface area contributed by atoms with E-state index in [1.807, 2.05) is 17.9 Å². The minimum Gasteiger partial charge on any atom is -0.478 e. The molecule has 0 bridgehead atoms. The summed E-state index contributed by atoms with van der Waals surface area (Å²) in [6.07, 6.45) is 0. The summed E-state index contributed by atoms with van der Waals surface area (Å²) in [6, 6.07) is 5.09. The molecule has 0 fully saturated rings. The molecular formula is C15H20N2O4. The van der Waals surface area contributed by atoms with E-state index in [0.29, 0.717) is 26.2 Å². The number of ether oxygens (including phenoxy) is 1. The highest BCUT2D eigenvalue weighted by atomic mass is 16.5. The smallest absolute Gasteiger partial charge is 0.335 e. The summed E-state index contributed by atoms with van der Waals surface area (Å²) in [5.74, 6) is -0.979. The van der Waals surface area contributed by atoms with Crippen LogP contribution in [-0.2, 0) is 22.6 Å². The first-order valence-corrected chi connectivity index (χ1v) is 6.85. The number of hydrogen-bond acceptors (Lipinski definition) is 4. The van der Waals surface area contributed by atoms with E-state index < -0.39 is 5.97 Å². The fourth-order valence-electron chi connectivity index (χ4n) is 2.53. The lowest BCUT2D eigenvalue weighted by atomic mass is 10.1. The Kier molecular flexibility index (Phi) is 4.93. The van der Waals surface area contributed by atoms with Crippen LogP contribution < -0.4 is 5.32 Å². The molecule has 1 atom stereocenters. The number of carboxylic acid groups (broad SMARTS) is 1. The first-order chi connectivity index (χ1) is 9.99. The minimum absolute atomic E-state index is 0.0221. The highest BCUT2D eigenvalue weighted by Crippen LogP contribution is 2.23. The van der Waals surface area contributed by atoms with Crippen LogP contribution in [0.5, 0.6) is 0 Å². The Balaban J connectivity index is 1.91. The van der Waals surface area contributed by atoms with Crippen molar-refractivity contribution in [2.24, 2.45) is 0 Å². The average molecular weight is 292 g/mol. The van der Waals surface area contributed by atoms with E-state index in [9.17, 15) is 9.59 Å². The lowest BCUT2D eigenvalue weighted by molar-refractivity contribution is -0.123. The number of rotatable bonds is 6. The number of aromatic carboxylic acids is 1. The average Bonchev–Trinajstić information content (AvgIpc) is 2.79. The highest BCUT2D eigenvalue weighted by Gasteiger charge is 2.22. The van der Waals surface area contributed by atoms with E-state index in [1.165, 1.54) is 0 Å². The molecule has 0 saturated carbocycles. The van der Waals surface area contributed by atoms with E-state index in [1.54, 1.807) is 19.2 Å². The first-order valence-electron chi connectivity index (χ1n) is 6.85. The van der Waals surface area contributed by atoms with Crippen molar-refractivity contribution < 1.29 is 19.4 Å². The van der Waals surface area contributed by atoms with E-state index in [4.69, 9.17) is 9.84 Å². The Morgan fingerprint density at radius 3 is 2.76 bits per heavy atom. The zero-order chi connectivity index (χ0) is 15.4. The lowest BCUT2D eigenvalue weighted by Gasteiger charge is -2.17. The van der Waals surface area contributed by atoms with Crippen LogP contribution in [0.25, 0.3) is 0 Å². The SMILES string of the molecule is COCC(C)NC(=O)CN1Cc2ccc(C(=O)O)cc2C1. The van der Waals surface area contributed by atoms with Crippen molar-refractivity contribution in [3.63, 3.8) is 0 Å². The number of amides is 1. The molecule has 1 unspecified atom stereocenters. The Morgan fingerprint density at radius 2 is 2.10 bits per heavy atom. The number of fused-ring (bicyclic) bond motifs is 1. The molecule has 1 aliphatic heterocycles. The van der Waals surface area contributed by atoms with Gasteiger partial charge in [-0.15, -0.1) is 0 Å². The van der Waals surface area contributed by atoms with Crippen LogP contribution in [0.15, 0.2) is 18.2 Å². The van der Waals surface area contributed by atoms with Crippen molar-refractivity contribution in [1.29, 1.82) is 0 Å². The normalized spacial score (nSPS) is 15.5. The number of carbonyl (C=O) groups is 2. The van der Waals surface area contributed by atoms with Crippen LogP contribution in [0.4, 0.5) is 0 Å². The van der Waals surface area contributed by atoms with Gasteiger partial charge in [0.1, 0.15) is 0 Å². The molecule has 114 valence electrons. The second-order valence-corrected chi connectivity index (χ2v) is 5.36. The molecule has 1 heterocycles. The lowest BCUT2D eigenvalue weighted by Crippen LogP contribution is -2.41. The summed E-state index contributed by atoms with van der Waals surface area (Å²) in [4.78, 5) is 24.9. The van der Waals surface area contributed by atoms with Crippen LogP contribution in [-0.4, -0.2) is 48.2 Å². The summed E-state index contributed by atoms with van der Waals surface area (Å²) >= 11 is 0. The van der Waals surface area contributed by atoms with Crippen LogP contribution in [0.1, 0.15) is 28.4 Å². The Bertz CT molecular complexity index is 544. The predicted octanol–water partition coefficient (Wildman–Crippen LogP) is 0.851. The summed E-state index contributed by atoms with van der Waals surface area (Å²) in [5.41, 5.74) is 2.35. The largest absolute Gasteiger partial charge is 0.478 e. The van der Waals surface area contributed by atoms with Gasteiger partial charge in [-0.25, -0.2) is 4.79 Å². The molecule has 21 heavy (non-hydrogen) atoms. The summed E-state index contributed by atoms with van der Waals surface area (Å²) in [7, 11) is 1.60. The molecule has 1 aliphatic rings. The number of carbonyl (C=O) groups excluding carboxylic acids is 1. The zero-order valence-electron chi connectivity index (χ0n) is 12.3. The predicted molar refractivity (Wildman–Crippen MR) is 77.0 cm³/mol. The second-order valence-electron chi connectivity index (χ2n) is 5.36. The minimum atomic E-state index is -0.928. The molecule has 6 nitrogen and oxygen atoms in total. The topological polar surface area (TPSA) is 78.9 Å². The molecule has 0 aromatic heterocycles. The van der Waals surface area contributed by atoms with E-state index in [0.717, 1.165) is 11.1 Å². The van der Waals surface area contributed by atoms with Gasteiger partial charge in [0.25, 0.3) is 0 Å². The number of nitrogens with zero attached hydrogens (tertiary/aromatic N) is 1. The summed E-state index contributed by atoms with van der Waals surface area (Å²) in [5, 5.41) is 11.9. The zero-order valence-corrected chi connectivity index (χ0v) is 12.3. The van der Waals surface area contributed by atoms with Gasteiger partial charge in [-0.05, 0) is 30.2 Å². The van der Waals surface area contributed by atoms with Crippen LogP contribution in [0.2, 0.25) is 0 Å². The molecule has 1 aromatic rings. The van der Waals surface area contributed by atoms with Crippen molar-refractivity contribution in [2.75, 3.05) is 20.3 Å². The van der Waals surface area contributed by atoms with Crippen LogP contribution in [0.3, 0.4) is 0 Å². The summed E-state index contributed by atoms with van der Waals surface area (Å²) < 4.78 is 4.98. The third kappa shape index (κ3) is 4.03. The van der Waals surface area contributed by atoms with Gasteiger partial charge >= 0.3 is 5.97 Å². The fraction of sp³-hybridized carbons (Fsp3) is 0.467. The number of benzene rings is 1. The van der Waals surface area contributed by atoms with Gasteiger partial charge in [-0.2, -0.15) is 0 Å². The van der Waals surface area contributed by atoms with E-state index >= 15 is 0 Å². The van der Waals surface area contributed by atoms with E-state index in [2.05, 4.69) is 5.32 Å². The fourth-order valence-corrected chi connectivity index (χ4v) is 2.53. The number of nitrogens with one attached hydrogen (secondary N) is 1. The van der Waals surface area contributed by atoms with Gasteiger partial charge in [-0.3, -0.25) is 9.69 Å². The molecule has 0 radical (unpaired) electrons. The molecule has 0 saturated heterocycles. The maximum absolute atomic E-state index is 11.9. The van der Waals surface area contributed by atoms with Crippen LogP contribution >= 0.6 is 0 Å².